The number of rotatable bonds is 6. The highest BCUT2D eigenvalue weighted by molar-refractivity contribution is 7.99. The molecule has 3 aromatic rings. The van der Waals surface area contributed by atoms with Crippen LogP contribution in [0.25, 0.3) is 0 Å². The fraction of sp³-hybridized carbons (Fsp3) is 0.211. The molecular weight excluding hydrogens is 372 g/mol. The molecule has 0 saturated heterocycles. The molecule has 2 aromatic heterocycles. The molecule has 0 atom stereocenters. The third-order valence-corrected chi connectivity index (χ3v) is 5.24. The number of nitrogens with one attached hydrogen (secondary N) is 2. The molecule has 2 N–H and O–H groups in total. The maximum Gasteiger partial charge on any atom is 0.182 e. The molecule has 0 radical (unpaired) electrons. The lowest BCUT2D eigenvalue weighted by atomic mass is 10.1. The molecule has 0 unspecified atom stereocenters. The van der Waals surface area contributed by atoms with E-state index in [4.69, 9.17) is 5.26 Å². The Kier molecular flexibility index (Phi) is 5.49. The summed E-state index contributed by atoms with van der Waals surface area (Å²) in [7, 11) is 0. The first-order valence-corrected chi connectivity index (χ1v) is 9.66. The van der Waals surface area contributed by atoms with Gasteiger partial charge in [-0.05, 0) is 24.1 Å². The zero-order valence-electron chi connectivity index (χ0n) is 15.0. The van der Waals surface area contributed by atoms with Crippen molar-refractivity contribution in [3.8, 4) is 6.19 Å². The van der Waals surface area contributed by atoms with E-state index in [1.807, 2.05) is 17.0 Å². The maximum absolute atomic E-state index is 9.04. The molecule has 0 aliphatic carbocycles. The number of benzene rings is 1. The number of aliphatic imine (C=N–C) groups is 1. The summed E-state index contributed by atoms with van der Waals surface area (Å²) in [5.41, 5.74) is 2.06. The van der Waals surface area contributed by atoms with Crippen molar-refractivity contribution in [3.63, 3.8) is 0 Å². The van der Waals surface area contributed by atoms with E-state index in [1.165, 1.54) is 0 Å². The molecule has 1 aromatic carbocycles. The Morgan fingerprint density at radius 1 is 1.29 bits per heavy atom. The van der Waals surface area contributed by atoms with Crippen LogP contribution in [0.3, 0.4) is 0 Å². The summed E-state index contributed by atoms with van der Waals surface area (Å²) in [5, 5.41) is 15.9. The molecule has 0 fully saturated rings. The van der Waals surface area contributed by atoms with Crippen molar-refractivity contribution in [2.24, 2.45) is 4.99 Å². The Morgan fingerprint density at radius 3 is 3.07 bits per heavy atom. The number of nitriles is 1. The number of fused-ring (bicyclic) bond motifs is 2. The molecule has 4 rings (SSSR count). The van der Waals surface area contributed by atoms with Gasteiger partial charge < -0.3 is 9.88 Å². The van der Waals surface area contributed by atoms with Crippen LogP contribution in [0.5, 0.6) is 0 Å². The predicted molar refractivity (Wildman–Crippen MR) is 107 cm³/mol. The number of aryl methyl sites for hydroxylation is 1. The molecule has 0 bridgehead atoms. The molecule has 3 heterocycles. The quantitative estimate of drug-likeness (QED) is 0.171. The van der Waals surface area contributed by atoms with Crippen LogP contribution >= 0.6 is 11.8 Å². The highest BCUT2D eigenvalue weighted by Gasteiger charge is 2.18. The van der Waals surface area contributed by atoms with E-state index in [2.05, 4.69) is 48.8 Å². The van der Waals surface area contributed by atoms with Gasteiger partial charge >= 0.3 is 0 Å². The van der Waals surface area contributed by atoms with Crippen molar-refractivity contribution in [3.05, 3.63) is 54.9 Å². The minimum absolute atomic E-state index is 0.561. The normalized spacial score (nSPS) is 12.5. The number of imidazole rings is 1. The summed E-state index contributed by atoms with van der Waals surface area (Å²) in [6.45, 7) is 1.49. The van der Waals surface area contributed by atoms with E-state index in [9.17, 15) is 0 Å². The van der Waals surface area contributed by atoms with Gasteiger partial charge in [0.15, 0.2) is 12.0 Å². The number of hydrogen-bond acceptors (Lipinski definition) is 7. The van der Waals surface area contributed by atoms with E-state index in [1.54, 1.807) is 36.7 Å². The van der Waals surface area contributed by atoms with E-state index < -0.39 is 0 Å². The predicted octanol–water partition coefficient (Wildman–Crippen LogP) is 2.98. The summed E-state index contributed by atoms with van der Waals surface area (Å²) in [6, 6.07) is 6.18. The van der Waals surface area contributed by atoms with Crippen LogP contribution in [-0.2, 0) is 13.0 Å². The second-order valence-corrected chi connectivity index (χ2v) is 7.19. The van der Waals surface area contributed by atoms with E-state index in [0.29, 0.717) is 18.8 Å². The number of aromatic nitrogens is 4. The number of nitrogens with zero attached hydrogens (tertiary/aromatic N) is 6. The molecule has 28 heavy (non-hydrogen) atoms. The van der Waals surface area contributed by atoms with E-state index >= 15 is 0 Å². The second kappa shape index (κ2) is 8.54. The van der Waals surface area contributed by atoms with Gasteiger partial charge in [-0.25, -0.2) is 15.0 Å². The fourth-order valence-corrected chi connectivity index (χ4v) is 3.75. The number of amidine groups is 1. The Bertz CT molecular complexity index is 1020. The average Bonchev–Trinajstić information content (AvgIpc) is 3.23. The highest BCUT2D eigenvalue weighted by Crippen LogP contribution is 2.41. The molecule has 1 aliphatic heterocycles. The molecule has 0 spiro atoms. The SMILES string of the molecule is N#CNC(Cc1ccc2c(c1)Nc1nccnc1S2)=NCCCn1ccnc1. The van der Waals surface area contributed by atoms with Gasteiger partial charge in [0.05, 0.1) is 12.0 Å². The van der Waals surface area contributed by atoms with Crippen LogP contribution in [0.1, 0.15) is 12.0 Å². The zero-order chi connectivity index (χ0) is 19.2. The molecule has 8 nitrogen and oxygen atoms in total. The first-order chi connectivity index (χ1) is 13.8. The Labute approximate surface area is 166 Å². The van der Waals surface area contributed by atoms with Gasteiger partial charge in [0.1, 0.15) is 10.9 Å². The number of hydrogen-bond donors (Lipinski definition) is 2. The van der Waals surface area contributed by atoms with Crippen molar-refractivity contribution >= 4 is 29.1 Å². The summed E-state index contributed by atoms with van der Waals surface area (Å²) >= 11 is 1.59. The topological polar surface area (TPSA) is 104 Å². The van der Waals surface area contributed by atoms with Crippen LogP contribution in [0.4, 0.5) is 11.5 Å². The van der Waals surface area contributed by atoms with Gasteiger partial charge in [-0.3, -0.25) is 10.3 Å². The largest absolute Gasteiger partial charge is 0.337 e. The lowest BCUT2D eigenvalue weighted by Gasteiger charge is -2.19. The van der Waals surface area contributed by atoms with Crippen molar-refractivity contribution in [1.29, 1.82) is 5.26 Å². The summed E-state index contributed by atoms with van der Waals surface area (Å²) in [4.78, 5) is 18.4. The van der Waals surface area contributed by atoms with Crippen molar-refractivity contribution < 1.29 is 0 Å². The van der Waals surface area contributed by atoms with Crippen molar-refractivity contribution in [2.75, 3.05) is 11.9 Å². The average molecular weight is 390 g/mol. The lowest BCUT2D eigenvalue weighted by molar-refractivity contribution is 0.649. The van der Waals surface area contributed by atoms with Crippen LogP contribution in [-0.4, -0.2) is 31.9 Å². The first kappa shape index (κ1) is 18.0. The van der Waals surface area contributed by atoms with Gasteiger partial charge in [0, 0.05) is 49.2 Å². The van der Waals surface area contributed by atoms with Crippen LogP contribution in [0, 0.1) is 11.5 Å². The van der Waals surface area contributed by atoms with Gasteiger partial charge in [-0.2, -0.15) is 5.26 Å². The molecule has 140 valence electrons. The second-order valence-electron chi connectivity index (χ2n) is 6.16. The highest BCUT2D eigenvalue weighted by atomic mass is 32.2. The van der Waals surface area contributed by atoms with E-state index in [0.717, 1.165) is 40.0 Å². The Morgan fingerprint density at radius 2 is 2.21 bits per heavy atom. The van der Waals surface area contributed by atoms with Crippen molar-refractivity contribution in [1.82, 2.24) is 24.8 Å². The molecule has 0 saturated carbocycles. The summed E-state index contributed by atoms with van der Waals surface area (Å²) in [6.07, 6.45) is 12.3. The molecule has 0 amide bonds. The zero-order valence-corrected chi connectivity index (χ0v) is 15.9. The monoisotopic (exact) mass is 390 g/mol. The summed E-state index contributed by atoms with van der Waals surface area (Å²) in [5.74, 6) is 1.43. The van der Waals surface area contributed by atoms with Crippen LogP contribution < -0.4 is 10.6 Å². The third kappa shape index (κ3) is 4.29. The molecule has 9 heteroatoms. The van der Waals surface area contributed by atoms with Crippen LogP contribution in [0.15, 0.2) is 64.2 Å². The number of anilines is 2. The van der Waals surface area contributed by atoms with Crippen LogP contribution in [0.2, 0.25) is 0 Å². The van der Waals surface area contributed by atoms with Gasteiger partial charge in [-0.1, -0.05) is 17.8 Å². The Balaban J connectivity index is 1.41. The van der Waals surface area contributed by atoms with Gasteiger partial charge in [-0.15, -0.1) is 0 Å². The van der Waals surface area contributed by atoms with E-state index in [-0.39, 0.29) is 0 Å². The smallest absolute Gasteiger partial charge is 0.182 e. The van der Waals surface area contributed by atoms with Gasteiger partial charge in [0.25, 0.3) is 0 Å². The Hall–Kier alpha value is -3.38. The lowest BCUT2D eigenvalue weighted by Crippen LogP contribution is -2.21. The standard InChI is InChI=1S/C19H18N8S/c20-12-25-17(22-4-1-8-27-9-7-21-13-27)11-14-2-3-16-15(10-14)26-18-19(28-16)24-6-5-23-18/h2-3,5-7,9-10,13H,1,4,8,11H2,(H,22,25)(H,23,26). The minimum Gasteiger partial charge on any atom is -0.337 e. The third-order valence-electron chi connectivity index (χ3n) is 4.18. The molecular formula is C19H18N8S. The molecule has 1 aliphatic rings. The maximum atomic E-state index is 9.04. The first-order valence-electron chi connectivity index (χ1n) is 8.85. The van der Waals surface area contributed by atoms with Crippen molar-refractivity contribution in [2.45, 2.75) is 29.3 Å². The van der Waals surface area contributed by atoms with Gasteiger partial charge in [0.2, 0.25) is 0 Å². The minimum atomic E-state index is 0.561. The summed E-state index contributed by atoms with van der Waals surface area (Å²) < 4.78 is 2.01. The fourth-order valence-electron chi connectivity index (χ4n) is 2.87.